The van der Waals surface area contributed by atoms with Crippen molar-refractivity contribution in [2.75, 3.05) is 20.3 Å². The number of amides is 1. The average molecular weight is 384 g/mol. The predicted octanol–water partition coefficient (Wildman–Crippen LogP) is 1.43. The zero-order chi connectivity index (χ0) is 19.5. The van der Waals surface area contributed by atoms with Crippen LogP contribution < -0.4 is 4.74 Å². The summed E-state index contributed by atoms with van der Waals surface area (Å²) in [4.78, 5) is 42.6. The maximum Gasteiger partial charge on any atom is 0.306 e. The number of carbonyl (C=O) groups is 2. The van der Waals surface area contributed by atoms with Gasteiger partial charge in [0.25, 0.3) is 0 Å². The highest BCUT2D eigenvalue weighted by Crippen LogP contribution is 2.43. The fraction of sp³-hybridized carbons (Fsp3) is 0.421. The highest BCUT2D eigenvalue weighted by molar-refractivity contribution is 5.78. The second-order valence-electron chi connectivity index (χ2n) is 6.75. The van der Waals surface area contributed by atoms with Gasteiger partial charge in [-0.05, 0) is 6.07 Å². The number of esters is 1. The molecule has 3 heterocycles. The van der Waals surface area contributed by atoms with Crippen molar-refractivity contribution >= 4 is 11.9 Å². The van der Waals surface area contributed by atoms with E-state index in [0.29, 0.717) is 19.0 Å². The Morgan fingerprint density at radius 2 is 2.00 bits per heavy atom. The maximum absolute atomic E-state index is 13.1. The molecule has 2 aliphatic rings. The van der Waals surface area contributed by atoms with Crippen LogP contribution >= 0.6 is 0 Å². The molecule has 0 radical (unpaired) electrons. The molecule has 146 valence electrons. The number of methoxy groups -OCH3 is 1. The van der Waals surface area contributed by atoms with E-state index in [2.05, 4.69) is 15.0 Å². The number of carbonyl (C=O) groups excluding carboxylic acids is 2. The van der Waals surface area contributed by atoms with E-state index in [0.717, 1.165) is 11.3 Å². The van der Waals surface area contributed by atoms with Crippen molar-refractivity contribution in [1.29, 1.82) is 0 Å². The molecular formula is C19H20N4O5. The SMILES string of the molecule is COC(=O)C[C@@H](CC(=O)N1OC[C@@H]2COc3ccccc3[C@@H]21)c1ncncn1. The zero-order valence-corrected chi connectivity index (χ0v) is 15.4. The van der Waals surface area contributed by atoms with Gasteiger partial charge < -0.3 is 9.47 Å². The van der Waals surface area contributed by atoms with Gasteiger partial charge in [-0.3, -0.25) is 14.4 Å². The molecule has 2 aliphatic heterocycles. The highest BCUT2D eigenvalue weighted by atomic mass is 16.7. The summed E-state index contributed by atoms with van der Waals surface area (Å²) in [5.74, 6) is -0.00312. The van der Waals surface area contributed by atoms with E-state index in [1.807, 2.05) is 24.3 Å². The van der Waals surface area contributed by atoms with E-state index in [4.69, 9.17) is 14.3 Å². The molecular weight excluding hydrogens is 364 g/mol. The number of hydroxylamine groups is 2. The lowest BCUT2D eigenvalue weighted by Crippen LogP contribution is -2.35. The van der Waals surface area contributed by atoms with Crippen LogP contribution in [-0.2, 0) is 19.2 Å². The Hall–Kier alpha value is -3.07. The molecule has 9 nitrogen and oxygen atoms in total. The first kappa shape index (κ1) is 18.3. The summed E-state index contributed by atoms with van der Waals surface area (Å²) in [5.41, 5.74) is 0.925. The number of rotatable bonds is 5. The van der Waals surface area contributed by atoms with Gasteiger partial charge in [-0.1, -0.05) is 18.2 Å². The molecule has 0 N–H and O–H groups in total. The molecule has 28 heavy (non-hydrogen) atoms. The van der Waals surface area contributed by atoms with Crippen LogP contribution in [0.15, 0.2) is 36.9 Å². The first-order valence-electron chi connectivity index (χ1n) is 9.02. The van der Waals surface area contributed by atoms with Crippen molar-refractivity contribution in [2.45, 2.75) is 24.8 Å². The van der Waals surface area contributed by atoms with Gasteiger partial charge in [-0.25, -0.2) is 20.0 Å². The van der Waals surface area contributed by atoms with Gasteiger partial charge >= 0.3 is 5.97 Å². The Morgan fingerprint density at radius 1 is 1.21 bits per heavy atom. The summed E-state index contributed by atoms with van der Waals surface area (Å²) in [7, 11) is 1.31. The smallest absolute Gasteiger partial charge is 0.306 e. The summed E-state index contributed by atoms with van der Waals surface area (Å²) in [6.07, 6.45) is 2.70. The van der Waals surface area contributed by atoms with Crippen LogP contribution in [0.5, 0.6) is 5.75 Å². The lowest BCUT2D eigenvalue weighted by Gasteiger charge is -2.31. The predicted molar refractivity (Wildman–Crippen MR) is 94.8 cm³/mol. The topological polar surface area (TPSA) is 104 Å². The quantitative estimate of drug-likeness (QED) is 0.713. The fourth-order valence-corrected chi connectivity index (χ4v) is 3.64. The molecule has 0 bridgehead atoms. The van der Waals surface area contributed by atoms with Gasteiger partial charge in [0.15, 0.2) is 0 Å². The highest BCUT2D eigenvalue weighted by Gasteiger charge is 2.44. The fourth-order valence-electron chi connectivity index (χ4n) is 3.64. The van der Waals surface area contributed by atoms with Crippen molar-refractivity contribution in [1.82, 2.24) is 20.0 Å². The van der Waals surface area contributed by atoms with Crippen LogP contribution in [-0.4, -0.2) is 52.2 Å². The van der Waals surface area contributed by atoms with Gasteiger partial charge in [0, 0.05) is 23.8 Å². The average Bonchev–Trinajstić information content (AvgIpc) is 3.18. The monoisotopic (exact) mass is 384 g/mol. The van der Waals surface area contributed by atoms with E-state index < -0.39 is 11.9 Å². The number of ether oxygens (including phenoxy) is 2. The number of nitrogens with zero attached hydrogens (tertiary/aromatic N) is 4. The third-order valence-electron chi connectivity index (χ3n) is 5.00. The van der Waals surface area contributed by atoms with Crippen molar-refractivity contribution in [2.24, 2.45) is 5.92 Å². The van der Waals surface area contributed by atoms with E-state index in [-0.39, 0.29) is 30.7 Å². The normalized spacial score (nSPS) is 21.2. The Morgan fingerprint density at radius 3 is 2.79 bits per heavy atom. The first-order valence-corrected chi connectivity index (χ1v) is 9.02. The van der Waals surface area contributed by atoms with Crippen LogP contribution in [0.1, 0.15) is 36.2 Å². The lowest BCUT2D eigenvalue weighted by molar-refractivity contribution is -0.178. The molecule has 1 saturated heterocycles. The molecule has 0 saturated carbocycles. The van der Waals surface area contributed by atoms with Crippen LogP contribution in [0.4, 0.5) is 0 Å². The number of aromatic nitrogens is 3. The summed E-state index contributed by atoms with van der Waals surface area (Å²) in [6, 6.07) is 7.43. The summed E-state index contributed by atoms with van der Waals surface area (Å²) in [6.45, 7) is 0.892. The summed E-state index contributed by atoms with van der Waals surface area (Å²) < 4.78 is 10.5. The van der Waals surface area contributed by atoms with Crippen molar-refractivity contribution in [3.8, 4) is 5.75 Å². The minimum Gasteiger partial charge on any atom is -0.493 e. The van der Waals surface area contributed by atoms with Crippen molar-refractivity contribution in [3.05, 3.63) is 48.3 Å². The second-order valence-corrected chi connectivity index (χ2v) is 6.75. The van der Waals surface area contributed by atoms with Crippen LogP contribution in [0.3, 0.4) is 0 Å². The van der Waals surface area contributed by atoms with E-state index in [1.54, 1.807) is 0 Å². The van der Waals surface area contributed by atoms with E-state index >= 15 is 0 Å². The third-order valence-corrected chi connectivity index (χ3v) is 5.00. The minimum absolute atomic E-state index is 0.00606. The van der Waals surface area contributed by atoms with Crippen molar-refractivity contribution < 1.29 is 23.9 Å². The van der Waals surface area contributed by atoms with Gasteiger partial charge in [0.2, 0.25) is 5.91 Å². The molecule has 1 amide bonds. The van der Waals surface area contributed by atoms with E-state index in [1.165, 1.54) is 24.8 Å². The molecule has 1 aromatic carbocycles. The molecule has 3 atom stereocenters. The number of hydrogen-bond acceptors (Lipinski definition) is 8. The second kappa shape index (κ2) is 7.89. The molecule has 2 aromatic rings. The number of para-hydroxylation sites is 1. The van der Waals surface area contributed by atoms with Crippen LogP contribution in [0.25, 0.3) is 0 Å². The number of hydrogen-bond donors (Lipinski definition) is 0. The van der Waals surface area contributed by atoms with Gasteiger partial charge in [0.1, 0.15) is 24.2 Å². The van der Waals surface area contributed by atoms with Gasteiger partial charge in [-0.15, -0.1) is 0 Å². The molecule has 0 spiro atoms. The summed E-state index contributed by atoms with van der Waals surface area (Å²) >= 11 is 0. The third kappa shape index (κ3) is 3.53. The minimum atomic E-state index is -0.527. The Balaban J connectivity index is 1.56. The largest absolute Gasteiger partial charge is 0.493 e. The number of benzene rings is 1. The van der Waals surface area contributed by atoms with Gasteiger partial charge in [-0.2, -0.15) is 0 Å². The Labute approximate surface area is 161 Å². The molecule has 0 aliphatic carbocycles. The van der Waals surface area contributed by atoms with Crippen molar-refractivity contribution in [3.63, 3.8) is 0 Å². The zero-order valence-electron chi connectivity index (χ0n) is 15.4. The van der Waals surface area contributed by atoms with Crippen LogP contribution in [0, 0.1) is 5.92 Å². The van der Waals surface area contributed by atoms with Gasteiger partial charge in [0.05, 0.1) is 32.8 Å². The molecule has 1 fully saturated rings. The molecule has 0 unspecified atom stereocenters. The Bertz CT molecular complexity index is 862. The Kier molecular flexibility index (Phi) is 5.16. The summed E-state index contributed by atoms with van der Waals surface area (Å²) in [5, 5.41) is 1.41. The first-order chi connectivity index (χ1) is 13.7. The standard InChI is InChI=1S/C19H20N4O5/c1-26-17(25)7-12(19-21-10-20-11-22-19)6-16(24)23-18-13(9-28-23)8-27-15-5-3-2-4-14(15)18/h2-5,10-13,18H,6-9H2,1H3/t12-,13+,18-/m1/s1. The van der Waals surface area contributed by atoms with Crippen LogP contribution in [0.2, 0.25) is 0 Å². The lowest BCUT2D eigenvalue weighted by atomic mass is 9.91. The molecule has 4 rings (SSSR count). The maximum atomic E-state index is 13.1. The molecule has 9 heteroatoms. The molecule has 1 aromatic heterocycles. The van der Waals surface area contributed by atoms with E-state index in [9.17, 15) is 9.59 Å². The number of fused-ring (bicyclic) bond motifs is 3.